The first kappa shape index (κ1) is 18.9. The summed E-state index contributed by atoms with van der Waals surface area (Å²) in [6.07, 6.45) is 3.89. The third-order valence-corrected chi connectivity index (χ3v) is 7.49. The van der Waals surface area contributed by atoms with Crippen LogP contribution in [0.4, 0.5) is 0 Å². The second kappa shape index (κ2) is 7.88. The normalized spacial score (nSPS) is 26.6. The van der Waals surface area contributed by atoms with Gasteiger partial charge in [-0.2, -0.15) is 5.26 Å². The van der Waals surface area contributed by atoms with E-state index in [2.05, 4.69) is 9.80 Å². The summed E-state index contributed by atoms with van der Waals surface area (Å²) in [6.45, 7) is 5.82. The van der Waals surface area contributed by atoms with Gasteiger partial charge in [-0.25, -0.2) is 8.42 Å². The van der Waals surface area contributed by atoms with Crippen LogP contribution in [0.3, 0.4) is 0 Å². The molecule has 2 atom stereocenters. The Kier molecular flexibility index (Phi) is 5.51. The van der Waals surface area contributed by atoms with Gasteiger partial charge in [-0.1, -0.05) is 0 Å². The van der Waals surface area contributed by atoms with Crippen molar-refractivity contribution in [2.45, 2.75) is 36.4 Å². The quantitative estimate of drug-likeness (QED) is 0.704. The van der Waals surface area contributed by atoms with Gasteiger partial charge in [-0.3, -0.25) is 9.80 Å². The predicted octanol–water partition coefficient (Wildman–Crippen LogP) is 1.52. The molecule has 6 nitrogen and oxygen atoms in total. The van der Waals surface area contributed by atoms with Crippen LogP contribution in [-0.4, -0.2) is 75.4 Å². The van der Waals surface area contributed by atoms with Crippen molar-refractivity contribution in [3.05, 3.63) is 29.8 Å². The van der Waals surface area contributed by atoms with Gasteiger partial charge in [-0.05, 0) is 56.0 Å². The molecule has 3 aliphatic rings. The minimum absolute atomic E-state index is 0.138. The smallest absolute Gasteiger partial charge is 0.178 e. The second-order valence-corrected chi connectivity index (χ2v) is 10.2. The molecule has 0 N–H and O–H groups in total. The van der Waals surface area contributed by atoms with E-state index in [9.17, 15) is 8.42 Å². The molecule has 27 heavy (non-hydrogen) atoms. The van der Waals surface area contributed by atoms with Crippen LogP contribution in [0.15, 0.2) is 29.2 Å². The molecule has 2 bridgehead atoms. The monoisotopic (exact) mass is 389 g/mol. The molecular formula is C20H27N3O3S. The molecule has 0 spiro atoms. The van der Waals surface area contributed by atoms with Gasteiger partial charge in [0, 0.05) is 32.7 Å². The number of sulfone groups is 1. The van der Waals surface area contributed by atoms with Crippen molar-refractivity contribution in [3.63, 3.8) is 0 Å². The first-order valence-corrected chi connectivity index (χ1v) is 11.5. The molecule has 0 amide bonds. The maximum atomic E-state index is 12.5. The molecule has 2 unspecified atom stereocenters. The van der Waals surface area contributed by atoms with Gasteiger partial charge in [0.05, 0.1) is 34.5 Å². The standard InChI is InChI=1S/C20H27N3O3S/c21-10-16-4-6-20(7-5-16)27(24,25)9-1-8-22-12-18-14-23(11-17-2-3-17)15-19(13-22)26-18/h4-7,17-19H,1-3,8-9,11-15H2. The maximum absolute atomic E-state index is 12.5. The van der Waals surface area contributed by atoms with Crippen LogP contribution >= 0.6 is 0 Å². The average Bonchev–Trinajstić information content (AvgIpc) is 3.45. The largest absolute Gasteiger partial charge is 0.370 e. The molecule has 0 aromatic heterocycles. The van der Waals surface area contributed by atoms with E-state index in [1.807, 2.05) is 6.07 Å². The SMILES string of the molecule is N#Cc1ccc(S(=O)(=O)CCCN2CC3CN(CC4CC4)CC(C2)O3)cc1. The Hall–Kier alpha value is -1.46. The number of hydrogen-bond donors (Lipinski definition) is 0. The van der Waals surface area contributed by atoms with E-state index in [1.54, 1.807) is 12.1 Å². The summed E-state index contributed by atoms with van der Waals surface area (Å²) in [4.78, 5) is 5.22. The van der Waals surface area contributed by atoms with Crippen LogP contribution in [0.25, 0.3) is 0 Å². The van der Waals surface area contributed by atoms with Crippen molar-refractivity contribution >= 4 is 9.84 Å². The Bertz CT molecular complexity index is 785. The summed E-state index contributed by atoms with van der Waals surface area (Å²) in [5, 5.41) is 8.83. The fourth-order valence-corrected chi connectivity index (χ4v) is 5.49. The number of hydrogen-bond acceptors (Lipinski definition) is 6. The highest BCUT2D eigenvalue weighted by Gasteiger charge is 2.36. The van der Waals surface area contributed by atoms with Gasteiger partial charge in [0.15, 0.2) is 9.84 Å². The summed E-state index contributed by atoms with van der Waals surface area (Å²) >= 11 is 0. The lowest BCUT2D eigenvalue weighted by Gasteiger charge is -2.46. The average molecular weight is 390 g/mol. The first-order valence-electron chi connectivity index (χ1n) is 9.85. The molecule has 2 heterocycles. The zero-order valence-corrected chi connectivity index (χ0v) is 16.4. The lowest BCUT2D eigenvalue weighted by atomic mass is 10.1. The number of rotatable bonds is 7. The van der Waals surface area contributed by atoms with Crippen LogP contribution in [0.2, 0.25) is 0 Å². The van der Waals surface area contributed by atoms with Gasteiger partial charge < -0.3 is 4.74 Å². The molecule has 1 aromatic carbocycles. The molecule has 2 aliphatic heterocycles. The third-order valence-electron chi connectivity index (χ3n) is 5.68. The van der Waals surface area contributed by atoms with Crippen molar-refractivity contribution in [1.82, 2.24) is 9.80 Å². The number of nitriles is 1. The summed E-state index contributed by atoms with van der Waals surface area (Å²) in [5.74, 6) is 1.05. The van der Waals surface area contributed by atoms with E-state index in [-0.39, 0.29) is 18.0 Å². The van der Waals surface area contributed by atoms with Gasteiger partial charge in [0.2, 0.25) is 0 Å². The van der Waals surface area contributed by atoms with E-state index in [0.717, 1.165) is 38.6 Å². The molecule has 1 saturated carbocycles. The highest BCUT2D eigenvalue weighted by atomic mass is 32.2. The van der Waals surface area contributed by atoms with Crippen molar-refractivity contribution in [1.29, 1.82) is 5.26 Å². The molecule has 3 fully saturated rings. The Balaban J connectivity index is 1.25. The Labute approximate surface area is 161 Å². The zero-order valence-electron chi connectivity index (χ0n) is 15.6. The first-order chi connectivity index (χ1) is 13.0. The number of ether oxygens (including phenoxy) is 1. The van der Waals surface area contributed by atoms with Crippen LogP contribution in [0.1, 0.15) is 24.8 Å². The molecule has 1 aliphatic carbocycles. The zero-order chi connectivity index (χ0) is 18.9. The molecule has 4 rings (SSSR count). The van der Waals surface area contributed by atoms with Crippen LogP contribution in [-0.2, 0) is 14.6 Å². The number of morpholine rings is 2. The molecular weight excluding hydrogens is 362 g/mol. The van der Waals surface area contributed by atoms with Crippen molar-refractivity contribution < 1.29 is 13.2 Å². The molecule has 0 radical (unpaired) electrons. The van der Waals surface area contributed by atoms with Gasteiger partial charge in [0.1, 0.15) is 0 Å². The van der Waals surface area contributed by atoms with Crippen molar-refractivity contribution in [2.75, 3.05) is 45.0 Å². The Morgan fingerprint density at radius 2 is 1.67 bits per heavy atom. The van der Waals surface area contributed by atoms with E-state index in [1.165, 1.54) is 31.5 Å². The van der Waals surface area contributed by atoms with E-state index in [0.29, 0.717) is 16.9 Å². The van der Waals surface area contributed by atoms with E-state index < -0.39 is 9.84 Å². The minimum atomic E-state index is -3.30. The fourth-order valence-electron chi connectivity index (χ4n) is 4.19. The summed E-state index contributed by atoms with van der Waals surface area (Å²) in [7, 11) is -3.30. The highest BCUT2D eigenvalue weighted by molar-refractivity contribution is 7.91. The topological polar surface area (TPSA) is 73.6 Å². The van der Waals surface area contributed by atoms with E-state index in [4.69, 9.17) is 10.00 Å². The number of nitrogens with zero attached hydrogens (tertiary/aromatic N) is 3. The van der Waals surface area contributed by atoms with Gasteiger partial charge in [0.25, 0.3) is 0 Å². The summed E-state index contributed by atoms with van der Waals surface area (Å²) in [6, 6.07) is 8.19. The molecule has 146 valence electrons. The van der Waals surface area contributed by atoms with Crippen LogP contribution < -0.4 is 0 Å². The highest BCUT2D eigenvalue weighted by Crippen LogP contribution is 2.31. The lowest BCUT2D eigenvalue weighted by molar-refractivity contribution is -0.138. The van der Waals surface area contributed by atoms with E-state index >= 15 is 0 Å². The van der Waals surface area contributed by atoms with Crippen LogP contribution in [0.5, 0.6) is 0 Å². The molecule has 7 heteroatoms. The van der Waals surface area contributed by atoms with Gasteiger partial charge >= 0.3 is 0 Å². The number of fused-ring (bicyclic) bond motifs is 2. The minimum Gasteiger partial charge on any atom is -0.370 e. The third kappa shape index (κ3) is 4.88. The van der Waals surface area contributed by atoms with Crippen LogP contribution in [0, 0.1) is 17.2 Å². The number of benzene rings is 1. The molecule has 2 saturated heterocycles. The lowest BCUT2D eigenvalue weighted by Crippen LogP contribution is -2.59. The van der Waals surface area contributed by atoms with Crippen molar-refractivity contribution in [2.24, 2.45) is 5.92 Å². The Morgan fingerprint density at radius 3 is 2.26 bits per heavy atom. The fraction of sp³-hybridized carbons (Fsp3) is 0.650. The second-order valence-electron chi connectivity index (χ2n) is 8.11. The molecule has 1 aromatic rings. The van der Waals surface area contributed by atoms with Crippen molar-refractivity contribution in [3.8, 4) is 6.07 Å². The summed E-state index contributed by atoms with van der Waals surface area (Å²) in [5.41, 5.74) is 0.476. The Morgan fingerprint density at radius 1 is 1.04 bits per heavy atom. The van der Waals surface area contributed by atoms with Gasteiger partial charge in [-0.15, -0.1) is 0 Å². The predicted molar refractivity (Wildman–Crippen MR) is 102 cm³/mol. The maximum Gasteiger partial charge on any atom is 0.178 e. The summed E-state index contributed by atoms with van der Waals surface area (Å²) < 4.78 is 31.1.